The maximum Gasteiger partial charge on any atom is 0.251 e. The second-order valence-corrected chi connectivity index (χ2v) is 7.49. The van der Waals surface area contributed by atoms with Crippen molar-refractivity contribution in [2.45, 2.75) is 38.6 Å². The van der Waals surface area contributed by atoms with Crippen LogP contribution in [0.1, 0.15) is 50.6 Å². The quantitative estimate of drug-likeness (QED) is 0.745. The molecule has 130 valence electrons. The molecule has 1 heterocycles. The lowest BCUT2D eigenvalue weighted by molar-refractivity contribution is -0.116. The maximum absolute atomic E-state index is 12.0. The summed E-state index contributed by atoms with van der Waals surface area (Å²) in [7, 11) is 0. The van der Waals surface area contributed by atoms with Gasteiger partial charge in [0.15, 0.2) is 5.78 Å². The number of rotatable bonds is 7. The summed E-state index contributed by atoms with van der Waals surface area (Å²) in [4.78, 5) is 37.7. The molecular formula is C19H20N2O3S. The lowest BCUT2D eigenvalue weighted by atomic mass is 10.1. The fraction of sp³-hybridized carbons (Fsp3) is 0.316. The van der Waals surface area contributed by atoms with Crippen molar-refractivity contribution in [3.05, 3.63) is 51.7 Å². The van der Waals surface area contributed by atoms with E-state index in [-0.39, 0.29) is 30.4 Å². The highest BCUT2D eigenvalue weighted by Crippen LogP contribution is 2.20. The van der Waals surface area contributed by atoms with Gasteiger partial charge in [-0.2, -0.15) is 0 Å². The van der Waals surface area contributed by atoms with Crippen LogP contribution < -0.4 is 10.6 Å². The summed E-state index contributed by atoms with van der Waals surface area (Å²) >= 11 is 1.45. The topological polar surface area (TPSA) is 75.3 Å². The van der Waals surface area contributed by atoms with Crippen LogP contribution in [0.2, 0.25) is 0 Å². The summed E-state index contributed by atoms with van der Waals surface area (Å²) in [6.45, 7) is 1.95. The first-order valence-corrected chi connectivity index (χ1v) is 9.13. The second-order valence-electron chi connectivity index (χ2n) is 6.21. The van der Waals surface area contributed by atoms with Gasteiger partial charge in [0.25, 0.3) is 5.91 Å². The molecule has 2 aromatic rings. The van der Waals surface area contributed by atoms with Crippen molar-refractivity contribution in [1.29, 1.82) is 0 Å². The van der Waals surface area contributed by atoms with Gasteiger partial charge in [-0.1, -0.05) is 0 Å². The Bertz CT molecular complexity index is 791. The largest absolute Gasteiger partial charge is 0.349 e. The third-order valence-electron chi connectivity index (χ3n) is 3.94. The molecule has 5 nitrogen and oxygen atoms in total. The van der Waals surface area contributed by atoms with Crippen LogP contribution in [-0.2, 0) is 4.79 Å². The minimum absolute atomic E-state index is 0.0136. The monoisotopic (exact) mass is 356 g/mol. The molecule has 0 spiro atoms. The molecule has 1 aliphatic carbocycles. The third kappa shape index (κ3) is 5.00. The molecule has 0 unspecified atom stereocenters. The fourth-order valence-corrected chi connectivity index (χ4v) is 3.19. The molecule has 2 N–H and O–H groups in total. The number of ketones is 1. The van der Waals surface area contributed by atoms with Crippen molar-refractivity contribution < 1.29 is 14.4 Å². The number of nitrogens with one attached hydrogen (secondary N) is 2. The summed E-state index contributed by atoms with van der Waals surface area (Å²) < 4.78 is 0. The van der Waals surface area contributed by atoms with E-state index in [9.17, 15) is 14.4 Å². The first-order valence-electron chi connectivity index (χ1n) is 8.31. The molecule has 6 heteroatoms. The summed E-state index contributed by atoms with van der Waals surface area (Å²) in [6.07, 6.45) is 2.42. The van der Waals surface area contributed by atoms with E-state index in [0.717, 1.165) is 17.7 Å². The van der Waals surface area contributed by atoms with Gasteiger partial charge in [0.2, 0.25) is 5.91 Å². The summed E-state index contributed by atoms with van der Waals surface area (Å²) in [6, 6.07) is 10.8. The molecule has 0 saturated heterocycles. The van der Waals surface area contributed by atoms with Crippen LogP contribution in [0.4, 0.5) is 5.69 Å². The molecule has 1 saturated carbocycles. The smallest absolute Gasteiger partial charge is 0.251 e. The molecule has 0 aliphatic heterocycles. The number of thiophene rings is 1. The molecule has 1 aliphatic rings. The van der Waals surface area contributed by atoms with E-state index in [4.69, 9.17) is 0 Å². The van der Waals surface area contributed by atoms with Gasteiger partial charge in [0.1, 0.15) is 0 Å². The highest BCUT2D eigenvalue weighted by molar-refractivity contribution is 7.14. The van der Waals surface area contributed by atoms with Crippen LogP contribution in [-0.4, -0.2) is 23.6 Å². The Balaban J connectivity index is 1.47. The Morgan fingerprint density at radius 2 is 1.76 bits per heavy atom. The molecule has 1 aromatic heterocycles. The zero-order valence-corrected chi connectivity index (χ0v) is 14.8. The molecule has 25 heavy (non-hydrogen) atoms. The Kier molecular flexibility index (Phi) is 5.28. The number of carbonyl (C=O) groups is 3. The van der Waals surface area contributed by atoms with Crippen LogP contribution in [0.5, 0.6) is 0 Å². The Labute approximate surface area is 150 Å². The van der Waals surface area contributed by atoms with E-state index >= 15 is 0 Å². The summed E-state index contributed by atoms with van der Waals surface area (Å²) in [5, 5.41) is 5.67. The highest BCUT2D eigenvalue weighted by atomic mass is 32.1. The van der Waals surface area contributed by atoms with E-state index < -0.39 is 0 Å². The third-order valence-corrected chi connectivity index (χ3v) is 4.98. The number of benzene rings is 1. The van der Waals surface area contributed by atoms with Crippen LogP contribution in [0.15, 0.2) is 36.4 Å². The second kappa shape index (κ2) is 7.61. The van der Waals surface area contributed by atoms with Gasteiger partial charge in [-0.15, -0.1) is 11.3 Å². The van der Waals surface area contributed by atoms with Gasteiger partial charge in [-0.25, -0.2) is 0 Å². The number of amides is 2. The van der Waals surface area contributed by atoms with E-state index in [2.05, 4.69) is 10.6 Å². The zero-order valence-electron chi connectivity index (χ0n) is 14.0. The predicted octanol–water partition coefficient (Wildman–Crippen LogP) is 3.55. The fourth-order valence-electron chi connectivity index (χ4n) is 2.36. The molecule has 0 bridgehead atoms. The van der Waals surface area contributed by atoms with Crippen LogP contribution in [0, 0.1) is 6.92 Å². The van der Waals surface area contributed by atoms with Gasteiger partial charge in [-0.3, -0.25) is 14.4 Å². The normalized spacial score (nSPS) is 13.3. The molecule has 1 aromatic carbocycles. The van der Waals surface area contributed by atoms with Crippen molar-refractivity contribution in [3.8, 4) is 0 Å². The van der Waals surface area contributed by atoms with Crippen molar-refractivity contribution >= 4 is 34.6 Å². The number of aryl methyl sites for hydroxylation is 1. The zero-order chi connectivity index (χ0) is 17.8. The number of hydrogen-bond donors (Lipinski definition) is 2. The number of Topliss-reactive ketones (excluding diaryl/α,β-unsaturated/α-hetero) is 1. The summed E-state index contributed by atoms with van der Waals surface area (Å²) in [5.74, 6) is -0.311. The molecule has 0 atom stereocenters. The van der Waals surface area contributed by atoms with Crippen molar-refractivity contribution in [2.75, 3.05) is 5.32 Å². The first-order chi connectivity index (χ1) is 12.0. The lowest BCUT2D eigenvalue weighted by Crippen LogP contribution is -2.25. The first kappa shape index (κ1) is 17.4. The Morgan fingerprint density at radius 1 is 1.04 bits per heavy atom. The van der Waals surface area contributed by atoms with E-state index in [1.54, 1.807) is 30.3 Å². The summed E-state index contributed by atoms with van der Waals surface area (Å²) in [5.41, 5.74) is 1.19. The van der Waals surface area contributed by atoms with E-state index in [1.807, 2.05) is 13.0 Å². The SMILES string of the molecule is Cc1ccc(C(=O)CCC(=O)Nc2ccc(C(=O)NC3CC3)cc2)s1. The highest BCUT2D eigenvalue weighted by Gasteiger charge is 2.23. The Morgan fingerprint density at radius 3 is 2.36 bits per heavy atom. The minimum atomic E-state index is -0.211. The van der Waals surface area contributed by atoms with Crippen LogP contribution >= 0.6 is 11.3 Å². The lowest BCUT2D eigenvalue weighted by Gasteiger charge is -2.07. The van der Waals surface area contributed by atoms with Crippen molar-refractivity contribution in [1.82, 2.24) is 5.32 Å². The van der Waals surface area contributed by atoms with Crippen molar-refractivity contribution in [2.24, 2.45) is 0 Å². The molecule has 1 fully saturated rings. The van der Waals surface area contributed by atoms with Gasteiger partial charge >= 0.3 is 0 Å². The minimum Gasteiger partial charge on any atom is -0.349 e. The van der Waals surface area contributed by atoms with E-state index in [0.29, 0.717) is 22.2 Å². The van der Waals surface area contributed by atoms with Gasteiger partial charge in [0.05, 0.1) is 4.88 Å². The van der Waals surface area contributed by atoms with Gasteiger partial charge in [0, 0.05) is 35.0 Å². The Hall–Kier alpha value is -2.47. The average molecular weight is 356 g/mol. The standard InChI is InChI=1S/C19H20N2O3S/c1-12-2-10-17(25-12)16(22)9-11-18(23)20-14-5-3-13(4-6-14)19(24)21-15-7-8-15/h2-6,10,15H,7-9,11H2,1H3,(H,20,23)(H,21,24). The van der Waals surface area contributed by atoms with Crippen LogP contribution in [0.3, 0.4) is 0 Å². The van der Waals surface area contributed by atoms with Gasteiger partial charge in [-0.05, 0) is 56.2 Å². The maximum atomic E-state index is 12.0. The van der Waals surface area contributed by atoms with Crippen LogP contribution in [0.25, 0.3) is 0 Å². The molecule has 0 radical (unpaired) electrons. The number of anilines is 1. The number of carbonyl (C=O) groups excluding carboxylic acids is 3. The average Bonchev–Trinajstić information content (AvgIpc) is 3.30. The molecule has 2 amide bonds. The number of hydrogen-bond acceptors (Lipinski definition) is 4. The van der Waals surface area contributed by atoms with Gasteiger partial charge < -0.3 is 10.6 Å². The molecular weight excluding hydrogens is 336 g/mol. The predicted molar refractivity (Wildman–Crippen MR) is 98.2 cm³/mol. The molecule has 3 rings (SSSR count). The van der Waals surface area contributed by atoms with Crippen molar-refractivity contribution in [3.63, 3.8) is 0 Å². The van der Waals surface area contributed by atoms with E-state index in [1.165, 1.54) is 11.3 Å².